The first-order chi connectivity index (χ1) is 9.30. The van der Waals surface area contributed by atoms with Crippen molar-refractivity contribution in [2.45, 2.75) is 89.9 Å². The van der Waals surface area contributed by atoms with E-state index in [4.69, 9.17) is 0 Å². The first-order valence-corrected chi connectivity index (χ1v) is 9.69. The Morgan fingerprint density at radius 3 is 2.32 bits per heavy atom. The lowest BCUT2D eigenvalue weighted by atomic mass is 9.95. The molecular weight excluding hydrogens is 250 g/mol. The van der Waals surface area contributed by atoms with Crippen LogP contribution >= 0.6 is 11.8 Å². The first-order valence-electron chi connectivity index (χ1n) is 8.65. The van der Waals surface area contributed by atoms with Gasteiger partial charge in [-0.3, -0.25) is 0 Å². The number of rotatable bonds is 10. The van der Waals surface area contributed by atoms with Crippen molar-refractivity contribution in [3.05, 3.63) is 0 Å². The second-order valence-electron chi connectivity index (χ2n) is 6.16. The minimum absolute atomic E-state index is 0.747. The SMILES string of the molecule is CCCNC(CSC1CCCCC1)CC(CC)CC. The summed E-state index contributed by atoms with van der Waals surface area (Å²) in [6.45, 7) is 8.16. The highest BCUT2D eigenvalue weighted by Crippen LogP contribution is 2.29. The first kappa shape index (κ1) is 17.4. The van der Waals surface area contributed by atoms with Crippen molar-refractivity contribution >= 4 is 11.8 Å². The van der Waals surface area contributed by atoms with Gasteiger partial charge in [0.2, 0.25) is 0 Å². The van der Waals surface area contributed by atoms with Gasteiger partial charge in [0, 0.05) is 17.0 Å². The van der Waals surface area contributed by atoms with Gasteiger partial charge in [-0.2, -0.15) is 11.8 Å². The molecule has 0 aromatic carbocycles. The molecule has 0 aromatic rings. The van der Waals surface area contributed by atoms with Crippen LogP contribution in [-0.2, 0) is 0 Å². The zero-order valence-electron chi connectivity index (χ0n) is 13.4. The number of thioether (sulfide) groups is 1. The lowest BCUT2D eigenvalue weighted by molar-refractivity contribution is 0.383. The fourth-order valence-electron chi connectivity index (χ4n) is 3.07. The van der Waals surface area contributed by atoms with E-state index in [0.717, 1.165) is 17.2 Å². The summed E-state index contributed by atoms with van der Waals surface area (Å²) in [7, 11) is 0. The predicted octanol–water partition coefficient (Wildman–Crippen LogP) is 5.25. The molecule has 1 fully saturated rings. The van der Waals surface area contributed by atoms with Crippen LogP contribution < -0.4 is 5.32 Å². The van der Waals surface area contributed by atoms with Crippen molar-refractivity contribution < 1.29 is 0 Å². The molecule has 1 atom stereocenters. The Labute approximate surface area is 125 Å². The van der Waals surface area contributed by atoms with Crippen molar-refractivity contribution in [2.24, 2.45) is 5.92 Å². The molecule has 1 nitrogen and oxygen atoms in total. The van der Waals surface area contributed by atoms with Crippen LogP contribution in [0.25, 0.3) is 0 Å². The summed E-state index contributed by atoms with van der Waals surface area (Å²) in [5.41, 5.74) is 0. The molecule has 0 heterocycles. The second-order valence-corrected chi connectivity index (χ2v) is 7.50. The molecule has 1 saturated carbocycles. The maximum atomic E-state index is 3.79. The van der Waals surface area contributed by atoms with Crippen LogP contribution in [0.4, 0.5) is 0 Å². The van der Waals surface area contributed by atoms with Crippen LogP contribution in [0.15, 0.2) is 0 Å². The summed E-state index contributed by atoms with van der Waals surface area (Å²) in [5, 5.41) is 4.75. The van der Waals surface area contributed by atoms with Gasteiger partial charge in [0.15, 0.2) is 0 Å². The van der Waals surface area contributed by atoms with Crippen LogP contribution in [0.1, 0.15) is 78.6 Å². The van der Waals surface area contributed by atoms with Gasteiger partial charge in [-0.05, 0) is 38.1 Å². The third kappa shape index (κ3) is 7.60. The van der Waals surface area contributed by atoms with E-state index in [-0.39, 0.29) is 0 Å². The molecule has 19 heavy (non-hydrogen) atoms. The lowest BCUT2D eigenvalue weighted by Crippen LogP contribution is -2.34. The quantitative estimate of drug-likeness (QED) is 0.588. The molecule has 1 aliphatic rings. The number of nitrogens with one attached hydrogen (secondary N) is 1. The van der Waals surface area contributed by atoms with Gasteiger partial charge in [-0.15, -0.1) is 0 Å². The Kier molecular flexibility index (Phi) is 10.1. The lowest BCUT2D eigenvalue weighted by Gasteiger charge is -2.26. The molecule has 1 aliphatic carbocycles. The van der Waals surface area contributed by atoms with E-state index in [0.29, 0.717) is 0 Å². The molecule has 1 rings (SSSR count). The smallest absolute Gasteiger partial charge is 0.0160 e. The average molecular weight is 286 g/mol. The zero-order chi connectivity index (χ0) is 13.9. The Morgan fingerprint density at radius 1 is 1.05 bits per heavy atom. The average Bonchev–Trinajstić information content (AvgIpc) is 2.47. The van der Waals surface area contributed by atoms with Crippen LogP contribution in [0.3, 0.4) is 0 Å². The van der Waals surface area contributed by atoms with Gasteiger partial charge in [-0.25, -0.2) is 0 Å². The predicted molar refractivity (Wildman–Crippen MR) is 90.1 cm³/mol. The van der Waals surface area contributed by atoms with Crippen molar-refractivity contribution in [3.8, 4) is 0 Å². The van der Waals surface area contributed by atoms with Crippen molar-refractivity contribution in [1.29, 1.82) is 0 Å². The van der Waals surface area contributed by atoms with Gasteiger partial charge in [0.05, 0.1) is 0 Å². The summed E-state index contributed by atoms with van der Waals surface area (Å²) in [5.74, 6) is 2.25. The van der Waals surface area contributed by atoms with Crippen LogP contribution in [0.2, 0.25) is 0 Å². The van der Waals surface area contributed by atoms with Gasteiger partial charge in [0.1, 0.15) is 0 Å². The maximum absolute atomic E-state index is 3.79. The fourth-order valence-corrected chi connectivity index (χ4v) is 4.49. The van der Waals surface area contributed by atoms with Crippen molar-refractivity contribution in [3.63, 3.8) is 0 Å². The molecule has 2 heteroatoms. The zero-order valence-corrected chi connectivity index (χ0v) is 14.2. The minimum atomic E-state index is 0.747. The molecule has 114 valence electrons. The largest absolute Gasteiger partial charge is 0.313 e. The van der Waals surface area contributed by atoms with Gasteiger partial charge in [-0.1, -0.05) is 52.9 Å². The minimum Gasteiger partial charge on any atom is -0.313 e. The fraction of sp³-hybridized carbons (Fsp3) is 1.00. The van der Waals surface area contributed by atoms with Crippen LogP contribution in [-0.4, -0.2) is 23.6 Å². The molecule has 0 radical (unpaired) electrons. The van der Waals surface area contributed by atoms with E-state index in [1.807, 2.05) is 0 Å². The number of hydrogen-bond donors (Lipinski definition) is 1. The Bertz CT molecular complexity index is 197. The highest BCUT2D eigenvalue weighted by molar-refractivity contribution is 7.99. The summed E-state index contributed by atoms with van der Waals surface area (Å²) in [6.07, 6.45) is 12.7. The van der Waals surface area contributed by atoms with E-state index in [9.17, 15) is 0 Å². The Balaban J connectivity index is 2.30. The van der Waals surface area contributed by atoms with E-state index in [1.54, 1.807) is 0 Å². The highest BCUT2D eigenvalue weighted by Gasteiger charge is 2.18. The summed E-state index contributed by atoms with van der Waals surface area (Å²) >= 11 is 2.26. The molecule has 0 spiro atoms. The Morgan fingerprint density at radius 2 is 1.74 bits per heavy atom. The summed E-state index contributed by atoms with van der Waals surface area (Å²) < 4.78 is 0. The number of hydrogen-bond acceptors (Lipinski definition) is 2. The molecule has 0 aliphatic heterocycles. The topological polar surface area (TPSA) is 12.0 Å². The second kappa shape index (κ2) is 11.0. The normalized spacial score (nSPS) is 18.9. The van der Waals surface area contributed by atoms with E-state index in [1.165, 1.54) is 70.1 Å². The monoisotopic (exact) mass is 285 g/mol. The van der Waals surface area contributed by atoms with Gasteiger partial charge in [0.25, 0.3) is 0 Å². The summed E-state index contributed by atoms with van der Waals surface area (Å²) in [6, 6.07) is 0.747. The standard InChI is InChI=1S/C17H35NS/c1-4-12-18-16(13-15(5-2)6-3)14-19-17-10-8-7-9-11-17/h15-18H,4-14H2,1-3H3. The third-order valence-corrected chi connectivity index (χ3v) is 6.08. The molecule has 1 unspecified atom stereocenters. The van der Waals surface area contributed by atoms with Crippen LogP contribution in [0.5, 0.6) is 0 Å². The highest BCUT2D eigenvalue weighted by atomic mass is 32.2. The molecule has 0 amide bonds. The Hall–Kier alpha value is 0.310. The molecule has 0 bridgehead atoms. The molecule has 1 N–H and O–H groups in total. The molecular formula is C17H35NS. The molecule has 0 saturated heterocycles. The molecule has 0 aromatic heterocycles. The van der Waals surface area contributed by atoms with Gasteiger partial charge >= 0.3 is 0 Å². The maximum Gasteiger partial charge on any atom is 0.0160 e. The summed E-state index contributed by atoms with van der Waals surface area (Å²) in [4.78, 5) is 0. The van der Waals surface area contributed by atoms with E-state index >= 15 is 0 Å². The van der Waals surface area contributed by atoms with Crippen molar-refractivity contribution in [2.75, 3.05) is 12.3 Å². The van der Waals surface area contributed by atoms with Crippen LogP contribution in [0, 0.1) is 5.92 Å². The van der Waals surface area contributed by atoms with E-state index < -0.39 is 0 Å². The van der Waals surface area contributed by atoms with Gasteiger partial charge < -0.3 is 5.32 Å². The third-order valence-electron chi connectivity index (χ3n) is 4.54. The van der Waals surface area contributed by atoms with E-state index in [2.05, 4.69) is 37.8 Å². The van der Waals surface area contributed by atoms with Crippen molar-refractivity contribution in [1.82, 2.24) is 5.32 Å².